The topological polar surface area (TPSA) is 91.0 Å². The van der Waals surface area contributed by atoms with Crippen LogP contribution in [-0.2, 0) is 11.2 Å². The Bertz CT molecular complexity index is 837. The lowest BCUT2D eigenvalue weighted by Crippen LogP contribution is -2.30. The number of halogens is 1. The highest BCUT2D eigenvalue weighted by Crippen LogP contribution is 2.24. The SMILES string of the molecule is O=C(C1=C(O)C(=O)N(CCO)C1)c1occc1Cc1ccc(F)cc1. The van der Waals surface area contributed by atoms with Crippen molar-refractivity contribution in [2.24, 2.45) is 0 Å². The summed E-state index contributed by atoms with van der Waals surface area (Å²) in [6, 6.07) is 7.49. The fraction of sp³-hybridized carbons (Fsp3) is 0.222. The van der Waals surface area contributed by atoms with Crippen molar-refractivity contribution in [1.82, 2.24) is 4.90 Å². The number of carbonyl (C=O) groups is 2. The van der Waals surface area contributed by atoms with E-state index in [9.17, 15) is 19.1 Å². The highest BCUT2D eigenvalue weighted by Gasteiger charge is 2.35. The van der Waals surface area contributed by atoms with Crippen molar-refractivity contribution < 1.29 is 28.6 Å². The predicted octanol–water partition coefficient (Wildman–Crippen LogP) is 1.84. The van der Waals surface area contributed by atoms with E-state index in [0.29, 0.717) is 12.0 Å². The molecule has 0 unspecified atom stereocenters. The molecule has 1 aliphatic heterocycles. The second kappa shape index (κ2) is 6.90. The smallest absolute Gasteiger partial charge is 0.289 e. The molecule has 3 rings (SSSR count). The van der Waals surface area contributed by atoms with Gasteiger partial charge in [-0.2, -0.15) is 0 Å². The van der Waals surface area contributed by atoms with Crippen LogP contribution in [0.4, 0.5) is 4.39 Å². The van der Waals surface area contributed by atoms with Crippen LogP contribution < -0.4 is 0 Å². The summed E-state index contributed by atoms with van der Waals surface area (Å²) in [5, 5.41) is 18.9. The summed E-state index contributed by atoms with van der Waals surface area (Å²) in [7, 11) is 0. The van der Waals surface area contributed by atoms with E-state index in [1.54, 1.807) is 18.2 Å². The van der Waals surface area contributed by atoms with Crippen molar-refractivity contribution in [1.29, 1.82) is 0 Å². The number of amides is 1. The zero-order chi connectivity index (χ0) is 18.0. The monoisotopic (exact) mass is 345 g/mol. The summed E-state index contributed by atoms with van der Waals surface area (Å²) < 4.78 is 18.3. The maximum absolute atomic E-state index is 13.0. The van der Waals surface area contributed by atoms with Gasteiger partial charge in [-0.1, -0.05) is 12.1 Å². The van der Waals surface area contributed by atoms with Crippen LogP contribution in [0, 0.1) is 5.82 Å². The van der Waals surface area contributed by atoms with Crippen LogP contribution in [0.15, 0.2) is 52.3 Å². The van der Waals surface area contributed by atoms with Gasteiger partial charge in [-0.3, -0.25) is 9.59 Å². The van der Waals surface area contributed by atoms with Crippen molar-refractivity contribution in [3.05, 3.63) is 70.6 Å². The lowest BCUT2D eigenvalue weighted by molar-refractivity contribution is -0.128. The van der Waals surface area contributed by atoms with Gasteiger partial charge >= 0.3 is 0 Å². The largest absolute Gasteiger partial charge is 0.503 e. The second-order valence-corrected chi connectivity index (χ2v) is 5.68. The van der Waals surface area contributed by atoms with Crippen LogP contribution in [0.2, 0.25) is 0 Å². The molecule has 1 aromatic carbocycles. The van der Waals surface area contributed by atoms with E-state index in [-0.39, 0.29) is 36.8 Å². The molecule has 130 valence electrons. The number of furan rings is 1. The van der Waals surface area contributed by atoms with Gasteiger partial charge in [0.15, 0.2) is 11.5 Å². The van der Waals surface area contributed by atoms with Gasteiger partial charge in [-0.15, -0.1) is 0 Å². The highest BCUT2D eigenvalue weighted by molar-refractivity contribution is 6.14. The zero-order valence-corrected chi connectivity index (χ0v) is 13.2. The van der Waals surface area contributed by atoms with E-state index in [0.717, 1.165) is 5.56 Å². The molecule has 0 saturated heterocycles. The Morgan fingerprint density at radius 2 is 1.96 bits per heavy atom. The summed E-state index contributed by atoms with van der Waals surface area (Å²) >= 11 is 0. The van der Waals surface area contributed by atoms with Crippen molar-refractivity contribution in [3.63, 3.8) is 0 Å². The van der Waals surface area contributed by atoms with E-state index in [4.69, 9.17) is 9.52 Å². The molecule has 25 heavy (non-hydrogen) atoms. The molecule has 7 heteroatoms. The molecule has 1 amide bonds. The third kappa shape index (κ3) is 3.32. The molecule has 0 saturated carbocycles. The number of ketones is 1. The van der Waals surface area contributed by atoms with E-state index < -0.39 is 17.4 Å². The van der Waals surface area contributed by atoms with Crippen LogP contribution in [0.3, 0.4) is 0 Å². The first-order chi connectivity index (χ1) is 12.0. The van der Waals surface area contributed by atoms with E-state index in [1.165, 1.54) is 23.3 Å². The summed E-state index contributed by atoms with van der Waals surface area (Å²) in [4.78, 5) is 25.7. The van der Waals surface area contributed by atoms with Crippen LogP contribution in [-0.4, -0.2) is 46.5 Å². The van der Waals surface area contributed by atoms with Gasteiger partial charge in [-0.25, -0.2) is 4.39 Å². The van der Waals surface area contributed by atoms with Gasteiger partial charge in [0.1, 0.15) is 5.82 Å². The summed E-state index contributed by atoms with van der Waals surface area (Å²) in [5.41, 5.74) is 1.30. The number of Topliss-reactive ketones (excluding diaryl/α,β-unsaturated/α-hetero) is 1. The molecule has 1 aliphatic rings. The summed E-state index contributed by atoms with van der Waals surface area (Å²) in [5.74, 6) is -2.21. The van der Waals surface area contributed by atoms with E-state index in [1.807, 2.05) is 0 Å². The maximum atomic E-state index is 13.0. The average Bonchev–Trinajstić information content (AvgIpc) is 3.17. The summed E-state index contributed by atoms with van der Waals surface area (Å²) in [6.45, 7) is -0.321. The number of nitrogens with zero attached hydrogens (tertiary/aromatic N) is 1. The normalized spacial score (nSPS) is 14.5. The lowest BCUT2D eigenvalue weighted by atomic mass is 10.0. The number of aliphatic hydroxyl groups excluding tert-OH is 2. The lowest BCUT2D eigenvalue weighted by Gasteiger charge is -2.13. The van der Waals surface area contributed by atoms with Gasteiger partial charge in [0.25, 0.3) is 5.91 Å². The Balaban J connectivity index is 1.83. The number of hydrogen-bond acceptors (Lipinski definition) is 5. The molecule has 0 fully saturated rings. The highest BCUT2D eigenvalue weighted by atomic mass is 19.1. The molecule has 2 heterocycles. The molecule has 0 aliphatic carbocycles. The number of carbonyl (C=O) groups excluding carboxylic acids is 2. The molecule has 0 spiro atoms. The second-order valence-electron chi connectivity index (χ2n) is 5.68. The van der Waals surface area contributed by atoms with Crippen molar-refractivity contribution in [2.45, 2.75) is 6.42 Å². The van der Waals surface area contributed by atoms with Crippen molar-refractivity contribution in [2.75, 3.05) is 19.7 Å². The fourth-order valence-electron chi connectivity index (χ4n) is 2.73. The molecule has 2 aromatic rings. The third-order valence-electron chi connectivity index (χ3n) is 4.03. The molecular weight excluding hydrogens is 329 g/mol. The molecule has 1 aromatic heterocycles. The Hall–Kier alpha value is -2.93. The third-order valence-corrected chi connectivity index (χ3v) is 4.03. The maximum Gasteiger partial charge on any atom is 0.289 e. The van der Waals surface area contributed by atoms with E-state index >= 15 is 0 Å². The molecule has 6 nitrogen and oxygen atoms in total. The first-order valence-corrected chi connectivity index (χ1v) is 7.69. The standard InChI is InChI=1S/C18H16FNO5/c19-13-3-1-11(2-4-13)9-12-5-8-25-17(12)15(22)14-10-20(6-7-21)18(24)16(14)23/h1-5,8,21,23H,6-7,9-10H2. The Labute approximate surface area is 142 Å². The average molecular weight is 345 g/mol. The van der Waals surface area contributed by atoms with Gasteiger partial charge in [0.05, 0.1) is 25.0 Å². The number of benzene rings is 1. The Morgan fingerprint density at radius 1 is 1.24 bits per heavy atom. The van der Waals surface area contributed by atoms with Crippen LogP contribution in [0.1, 0.15) is 21.7 Å². The van der Waals surface area contributed by atoms with Crippen molar-refractivity contribution in [3.8, 4) is 0 Å². The molecule has 0 radical (unpaired) electrons. The first-order valence-electron chi connectivity index (χ1n) is 7.69. The molecule has 0 bridgehead atoms. The number of aliphatic hydroxyl groups is 2. The van der Waals surface area contributed by atoms with Crippen LogP contribution in [0.25, 0.3) is 0 Å². The van der Waals surface area contributed by atoms with Gasteiger partial charge in [0, 0.05) is 18.5 Å². The summed E-state index contributed by atoms with van der Waals surface area (Å²) in [6.07, 6.45) is 1.70. The minimum absolute atomic E-state index is 0.0280. The minimum Gasteiger partial charge on any atom is -0.503 e. The minimum atomic E-state index is -0.691. The van der Waals surface area contributed by atoms with Crippen LogP contribution in [0.5, 0.6) is 0 Å². The van der Waals surface area contributed by atoms with Gasteiger partial charge < -0.3 is 19.5 Å². The van der Waals surface area contributed by atoms with Crippen molar-refractivity contribution >= 4 is 11.7 Å². The predicted molar refractivity (Wildman–Crippen MR) is 85.6 cm³/mol. The molecule has 2 N–H and O–H groups in total. The number of β-amino-alcohol motifs (C(OH)–C–C–N with tert-alkyl or cyclic N) is 1. The molecular formula is C18H16FNO5. The fourth-order valence-corrected chi connectivity index (χ4v) is 2.73. The number of rotatable bonds is 6. The molecule has 0 atom stereocenters. The quantitative estimate of drug-likeness (QED) is 0.780. The number of hydrogen-bond donors (Lipinski definition) is 2. The van der Waals surface area contributed by atoms with Gasteiger partial charge in [-0.05, 0) is 23.8 Å². The van der Waals surface area contributed by atoms with E-state index in [2.05, 4.69) is 0 Å². The Kier molecular flexibility index (Phi) is 4.67. The first kappa shape index (κ1) is 16.9. The van der Waals surface area contributed by atoms with Gasteiger partial charge in [0.2, 0.25) is 5.78 Å². The van der Waals surface area contributed by atoms with Crippen LogP contribution >= 0.6 is 0 Å². The Morgan fingerprint density at radius 3 is 2.64 bits per heavy atom. The zero-order valence-electron chi connectivity index (χ0n) is 13.2.